The first-order valence-corrected chi connectivity index (χ1v) is 10.8. The molecule has 0 saturated heterocycles. The lowest BCUT2D eigenvalue weighted by Gasteiger charge is -2.22. The lowest BCUT2D eigenvalue weighted by atomic mass is 10.0. The van der Waals surface area contributed by atoms with Crippen LogP contribution in [0.15, 0.2) is 30.3 Å². The molecular formula is C17H28N3O6P. The first-order valence-electron chi connectivity index (χ1n) is 8.79. The monoisotopic (exact) mass is 401 g/mol. The summed E-state index contributed by atoms with van der Waals surface area (Å²) in [6.07, 6.45) is 1.33. The maximum Gasteiger partial charge on any atom is 0.316 e. The number of carboxylic acid groups (broad SMARTS) is 1. The largest absolute Gasteiger partial charge is 0.481 e. The molecule has 10 heteroatoms. The van der Waals surface area contributed by atoms with E-state index in [0.29, 0.717) is 30.2 Å². The number of unbranched alkanes of at least 4 members (excludes halogenated alkanes) is 1. The third kappa shape index (κ3) is 8.09. The molecule has 1 aromatic carbocycles. The zero-order valence-electron chi connectivity index (χ0n) is 15.4. The van der Waals surface area contributed by atoms with E-state index in [9.17, 15) is 24.5 Å². The van der Waals surface area contributed by atoms with Gasteiger partial charge in [-0.1, -0.05) is 31.5 Å². The number of nitrogens with two attached hydrogens (primary N) is 1. The van der Waals surface area contributed by atoms with E-state index in [0.717, 1.165) is 0 Å². The molecule has 2 atom stereocenters. The maximum atomic E-state index is 12.7. The highest BCUT2D eigenvalue weighted by Crippen LogP contribution is 2.45. The van der Waals surface area contributed by atoms with Crippen LogP contribution in [0.4, 0.5) is 0 Å². The van der Waals surface area contributed by atoms with Gasteiger partial charge in [0.15, 0.2) is 0 Å². The van der Waals surface area contributed by atoms with E-state index in [1.165, 1.54) is 0 Å². The van der Waals surface area contributed by atoms with E-state index in [1.807, 2.05) is 6.07 Å². The van der Waals surface area contributed by atoms with Crippen molar-refractivity contribution in [3.05, 3.63) is 30.3 Å². The van der Waals surface area contributed by atoms with E-state index < -0.39 is 25.2 Å². The number of rotatable bonds is 13. The van der Waals surface area contributed by atoms with Crippen LogP contribution in [0.25, 0.3) is 0 Å². The minimum Gasteiger partial charge on any atom is -0.481 e. The summed E-state index contributed by atoms with van der Waals surface area (Å²) in [5.41, 5.74) is 5.36. The number of hydroxylamine groups is 2. The fourth-order valence-corrected chi connectivity index (χ4v) is 3.68. The molecule has 9 nitrogen and oxygen atoms in total. The second kappa shape index (κ2) is 11.7. The molecule has 1 aromatic rings. The van der Waals surface area contributed by atoms with Crippen molar-refractivity contribution >= 4 is 19.2 Å². The topological polar surface area (TPSA) is 142 Å². The Bertz CT molecular complexity index is 643. The zero-order chi connectivity index (χ0) is 20.3. The number of hydrogen-bond acceptors (Lipinski definition) is 7. The molecule has 1 amide bonds. The number of carboxylic acids is 1. The predicted molar refractivity (Wildman–Crippen MR) is 101 cm³/mol. The van der Waals surface area contributed by atoms with Crippen molar-refractivity contribution in [2.45, 2.75) is 26.2 Å². The number of carbonyl (C=O) groups is 2. The average Bonchev–Trinajstić information content (AvgIpc) is 2.65. The Labute approximate surface area is 158 Å². The number of amides is 1. The van der Waals surface area contributed by atoms with Crippen LogP contribution in [-0.4, -0.2) is 52.9 Å². The zero-order valence-corrected chi connectivity index (χ0v) is 16.3. The molecule has 0 aliphatic carbocycles. The summed E-state index contributed by atoms with van der Waals surface area (Å²) in [5, 5.41) is 22.0. The molecular weight excluding hydrogens is 373 g/mol. The minimum absolute atomic E-state index is 0.0757. The van der Waals surface area contributed by atoms with Crippen molar-refractivity contribution in [1.82, 2.24) is 10.4 Å². The van der Waals surface area contributed by atoms with Gasteiger partial charge < -0.3 is 15.4 Å². The lowest BCUT2D eigenvalue weighted by molar-refractivity contribution is -0.176. The molecule has 2 unspecified atom stereocenters. The Balaban J connectivity index is 2.55. The second-order valence-electron chi connectivity index (χ2n) is 6.01. The summed E-state index contributed by atoms with van der Waals surface area (Å²) in [5.74, 6) is -3.11. The third-order valence-electron chi connectivity index (χ3n) is 3.91. The second-order valence-corrected chi connectivity index (χ2v) is 8.77. The molecule has 0 heterocycles. The van der Waals surface area contributed by atoms with Gasteiger partial charge >= 0.3 is 5.97 Å². The highest BCUT2D eigenvalue weighted by Gasteiger charge is 2.30. The predicted octanol–water partition coefficient (Wildman–Crippen LogP) is 1.92. The number of nitrogens with one attached hydrogen (secondary N) is 1. The Hall–Kier alpha value is -1.93. The normalized spacial score (nSPS) is 14.2. The molecule has 0 radical (unpaired) electrons. The molecule has 0 bridgehead atoms. The van der Waals surface area contributed by atoms with Crippen molar-refractivity contribution in [3.63, 3.8) is 0 Å². The van der Waals surface area contributed by atoms with Gasteiger partial charge in [0.1, 0.15) is 11.7 Å². The number of carbonyl (C=O) groups excluding carboxylic acids is 1. The third-order valence-corrected chi connectivity index (χ3v) is 6.12. The van der Waals surface area contributed by atoms with Crippen LogP contribution >= 0.6 is 7.37 Å². The maximum absolute atomic E-state index is 12.7. The van der Waals surface area contributed by atoms with Gasteiger partial charge in [0, 0.05) is 6.16 Å². The van der Waals surface area contributed by atoms with E-state index >= 15 is 0 Å². The van der Waals surface area contributed by atoms with E-state index in [1.54, 1.807) is 31.2 Å². The SMILES string of the molecule is CCP(=O)(CNCN(O)C(=O)C(CCCCN)C(=O)O)Oc1ccccc1. The van der Waals surface area contributed by atoms with Crippen molar-refractivity contribution in [2.24, 2.45) is 11.7 Å². The molecule has 27 heavy (non-hydrogen) atoms. The van der Waals surface area contributed by atoms with Crippen LogP contribution in [0.1, 0.15) is 26.2 Å². The fraction of sp³-hybridized carbons (Fsp3) is 0.529. The van der Waals surface area contributed by atoms with Crippen molar-refractivity contribution in [3.8, 4) is 5.75 Å². The van der Waals surface area contributed by atoms with Gasteiger partial charge in [-0.3, -0.25) is 24.7 Å². The molecule has 0 saturated carbocycles. The standard InChI is InChI=1S/C17H28N3O6P/c1-2-27(25,26-14-8-4-3-5-9-14)13-19-12-20(24)16(21)15(17(22)23)10-6-7-11-18/h3-5,8-9,15,19,24H,2,6-7,10-13,18H2,1H3,(H,22,23). The van der Waals surface area contributed by atoms with Crippen LogP contribution in [0, 0.1) is 5.92 Å². The summed E-state index contributed by atoms with van der Waals surface area (Å²) in [6, 6.07) is 8.69. The number of para-hydroxylation sites is 1. The molecule has 0 aliphatic heterocycles. The summed E-state index contributed by atoms with van der Waals surface area (Å²) < 4.78 is 18.3. The Morgan fingerprint density at radius 3 is 2.52 bits per heavy atom. The molecule has 5 N–H and O–H groups in total. The Kier molecular flexibility index (Phi) is 10.0. The average molecular weight is 401 g/mol. The Morgan fingerprint density at radius 2 is 1.96 bits per heavy atom. The van der Waals surface area contributed by atoms with Gasteiger partial charge in [0.2, 0.25) is 0 Å². The molecule has 152 valence electrons. The minimum atomic E-state index is -3.06. The summed E-state index contributed by atoms with van der Waals surface area (Å²) in [7, 11) is -3.06. The van der Waals surface area contributed by atoms with Crippen LogP contribution in [0.5, 0.6) is 5.75 Å². The van der Waals surface area contributed by atoms with Gasteiger partial charge in [-0.2, -0.15) is 0 Å². The van der Waals surface area contributed by atoms with E-state index in [2.05, 4.69) is 5.32 Å². The van der Waals surface area contributed by atoms with Crippen molar-refractivity contribution in [1.29, 1.82) is 0 Å². The van der Waals surface area contributed by atoms with E-state index in [-0.39, 0.29) is 25.5 Å². The van der Waals surface area contributed by atoms with Crippen LogP contribution in [0.2, 0.25) is 0 Å². The Morgan fingerprint density at radius 1 is 1.30 bits per heavy atom. The number of hydrogen-bond donors (Lipinski definition) is 4. The van der Waals surface area contributed by atoms with Crippen molar-refractivity contribution in [2.75, 3.05) is 25.7 Å². The molecule has 0 fully saturated rings. The van der Waals surface area contributed by atoms with Gasteiger partial charge in [-0.15, -0.1) is 0 Å². The fourth-order valence-electron chi connectivity index (χ4n) is 2.31. The molecule has 0 aliphatic rings. The first kappa shape index (κ1) is 23.1. The van der Waals surface area contributed by atoms with Crippen LogP contribution in [-0.2, 0) is 14.2 Å². The smallest absolute Gasteiger partial charge is 0.316 e. The van der Waals surface area contributed by atoms with Crippen LogP contribution in [0.3, 0.4) is 0 Å². The van der Waals surface area contributed by atoms with Crippen LogP contribution < -0.4 is 15.6 Å². The summed E-state index contributed by atoms with van der Waals surface area (Å²) >= 11 is 0. The van der Waals surface area contributed by atoms with E-state index in [4.69, 9.17) is 10.3 Å². The van der Waals surface area contributed by atoms with Gasteiger partial charge in [-0.25, -0.2) is 5.06 Å². The highest BCUT2D eigenvalue weighted by atomic mass is 31.2. The summed E-state index contributed by atoms with van der Waals surface area (Å²) in [4.78, 5) is 23.4. The van der Waals surface area contributed by atoms with Gasteiger partial charge in [0.05, 0.1) is 13.0 Å². The highest BCUT2D eigenvalue weighted by molar-refractivity contribution is 7.59. The number of benzene rings is 1. The molecule has 0 spiro atoms. The molecule has 0 aromatic heterocycles. The quantitative estimate of drug-likeness (QED) is 0.0980. The first-order chi connectivity index (χ1) is 12.8. The number of nitrogens with zero attached hydrogens (tertiary/aromatic N) is 1. The summed E-state index contributed by atoms with van der Waals surface area (Å²) in [6.45, 7) is 1.76. The van der Waals surface area contributed by atoms with Gasteiger partial charge in [0.25, 0.3) is 13.3 Å². The van der Waals surface area contributed by atoms with Crippen molar-refractivity contribution < 1.29 is 29.0 Å². The lowest BCUT2D eigenvalue weighted by Crippen LogP contribution is -2.42. The molecule has 1 rings (SSSR count). The van der Waals surface area contributed by atoms with Gasteiger partial charge in [-0.05, 0) is 31.5 Å². The number of aliphatic carboxylic acids is 1.